The molecular formula is C13H14BrN3S. The molecule has 18 heavy (non-hydrogen) atoms. The number of hydrogen-bond acceptors (Lipinski definition) is 3. The number of halogens is 1. The first-order chi connectivity index (χ1) is 8.49. The summed E-state index contributed by atoms with van der Waals surface area (Å²) in [4.78, 5) is 12.0. The Labute approximate surface area is 120 Å². The normalized spacial score (nSPS) is 10.9. The molecule has 0 unspecified atom stereocenters. The van der Waals surface area contributed by atoms with Crippen LogP contribution in [0.4, 0.5) is 0 Å². The van der Waals surface area contributed by atoms with Crippen molar-refractivity contribution in [1.29, 1.82) is 0 Å². The van der Waals surface area contributed by atoms with Crippen molar-refractivity contribution in [3.8, 4) is 11.5 Å². The van der Waals surface area contributed by atoms with E-state index in [1.54, 1.807) is 6.20 Å². The van der Waals surface area contributed by atoms with Crippen LogP contribution in [-0.2, 0) is 0 Å². The van der Waals surface area contributed by atoms with Gasteiger partial charge in [-0.05, 0) is 40.9 Å². The number of aromatic nitrogens is 3. The van der Waals surface area contributed by atoms with Crippen molar-refractivity contribution < 1.29 is 0 Å². The highest BCUT2D eigenvalue weighted by Crippen LogP contribution is 2.22. The lowest BCUT2D eigenvalue weighted by molar-refractivity contribution is 0.824. The number of aryl methyl sites for hydroxylation is 1. The van der Waals surface area contributed by atoms with E-state index >= 15 is 0 Å². The Hall–Kier alpha value is -1.07. The molecule has 0 amide bonds. The molecule has 0 radical (unpaired) electrons. The summed E-state index contributed by atoms with van der Waals surface area (Å²) in [5, 5.41) is 0. The zero-order valence-corrected chi connectivity index (χ0v) is 12.9. The van der Waals surface area contributed by atoms with E-state index in [0.29, 0.717) is 10.6 Å². The zero-order valence-electron chi connectivity index (χ0n) is 10.5. The first-order valence-electron chi connectivity index (χ1n) is 5.71. The highest BCUT2D eigenvalue weighted by atomic mass is 79.9. The van der Waals surface area contributed by atoms with Gasteiger partial charge in [-0.3, -0.25) is 4.98 Å². The quantitative estimate of drug-likeness (QED) is 0.833. The van der Waals surface area contributed by atoms with E-state index in [1.165, 1.54) is 0 Å². The van der Waals surface area contributed by atoms with Gasteiger partial charge < -0.3 is 4.98 Å². The Morgan fingerprint density at radius 1 is 1.33 bits per heavy atom. The molecule has 3 nitrogen and oxygen atoms in total. The minimum atomic E-state index is 0.369. The maximum absolute atomic E-state index is 5.36. The van der Waals surface area contributed by atoms with E-state index in [9.17, 15) is 0 Å². The summed E-state index contributed by atoms with van der Waals surface area (Å²) in [6.45, 7) is 6.26. The van der Waals surface area contributed by atoms with Crippen molar-refractivity contribution in [3.05, 3.63) is 38.7 Å². The molecule has 0 aromatic carbocycles. The van der Waals surface area contributed by atoms with Crippen molar-refractivity contribution in [2.24, 2.45) is 0 Å². The second-order valence-corrected chi connectivity index (χ2v) is 5.75. The predicted molar refractivity (Wildman–Crippen MR) is 79.2 cm³/mol. The average Bonchev–Trinajstić information content (AvgIpc) is 2.28. The molecule has 0 aliphatic carbocycles. The Bertz CT molecular complexity index is 617. The van der Waals surface area contributed by atoms with Crippen LogP contribution in [0.2, 0.25) is 0 Å². The molecule has 0 aliphatic rings. The fourth-order valence-electron chi connectivity index (χ4n) is 1.91. The van der Waals surface area contributed by atoms with E-state index in [2.05, 4.69) is 44.7 Å². The van der Waals surface area contributed by atoms with Gasteiger partial charge in [0, 0.05) is 21.9 Å². The van der Waals surface area contributed by atoms with Crippen molar-refractivity contribution >= 4 is 28.1 Å². The molecule has 0 aliphatic heterocycles. The van der Waals surface area contributed by atoms with E-state index in [1.807, 2.05) is 19.1 Å². The summed E-state index contributed by atoms with van der Waals surface area (Å²) in [7, 11) is 0. The van der Waals surface area contributed by atoms with Crippen molar-refractivity contribution in [3.63, 3.8) is 0 Å². The molecule has 0 bridgehead atoms. The highest BCUT2D eigenvalue weighted by molar-refractivity contribution is 9.10. The lowest BCUT2D eigenvalue weighted by Gasteiger charge is -2.11. The molecule has 0 saturated heterocycles. The van der Waals surface area contributed by atoms with Crippen molar-refractivity contribution in [2.45, 2.75) is 26.7 Å². The predicted octanol–water partition coefficient (Wildman–Crippen LogP) is 4.40. The zero-order chi connectivity index (χ0) is 13.3. The average molecular weight is 324 g/mol. The Morgan fingerprint density at radius 2 is 2.06 bits per heavy atom. The molecule has 2 rings (SSSR count). The number of pyridine rings is 1. The van der Waals surface area contributed by atoms with Crippen molar-refractivity contribution in [2.75, 3.05) is 0 Å². The second kappa shape index (κ2) is 5.28. The smallest absolute Gasteiger partial charge is 0.157 e. The number of rotatable bonds is 2. The van der Waals surface area contributed by atoms with Gasteiger partial charge in [0.2, 0.25) is 0 Å². The minimum absolute atomic E-state index is 0.369. The van der Waals surface area contributed by atoms with Gasteiger partial charge in [0.1, 0.15) is 10.3 Å². The fourth-order valence-corrected chi connectivity index (χ4v) is 2.63. The maximum Gasteiger partial charge on any atom is 0.157 e. The monoisotopic (exact) mass is 323 g/mol. The van der Waals surface area contributed by atoms with Crippen LogP contribution in [0.1, 0.15) is 31.0 Å². The van der Waals surface area contributed by atoms with Crippen LogP contribution in [0.5, 0.6) is 0 Å². The fraction of sp³-hybridized carbons (Fsp3) is 0.308. The van der Waals surface area contributed by atoms with Gasteiger partial charge in [0.15, 0.2) is 5.82 Å². The van der Waals surface area contributed by atoms with E-state index in [0.717, 1.165) is 27.2 Å². The van der Waals surface area contributed by atoms with Gasteiger partial charge in [0.05, 0.1) is 0 Å². The first-order valence-corrected chi connectivity index (χ1v) is 6.92. The Morgan fingerprint density at radius 3 is 2.56 bits per heavy atom. The van der Waals surface area contributed by atoms with Gasteiger partial charge in [0.25, 0.3) is 0 Å². The summed E-state index contributed by atoms with van der Waals surface area (Å²) in [6.07, 6.45) is 1.75. The van der Waals surface area contributed by atoms with Crippen LogP contribution in [-0.4, -0.2) is 15.0 Å². The molecule has 94 valence electrons. The molecule has 0 fully saturated rings. The molecule has 0 spiro atoms. The minimum Gasteiger partial charge on any atom is -0.342 e. The summed E-state index contributed by atoms with van der Waals surface area (Å²) in [5.74, 6) is 1.09. The third kappa shape index (κ3) is 2.67. The largest absolute Gasteiger partial charge is 0.342 e. The molecule has 2 aromatic rings. The molecule has 2 aromatic heterocycles. The molecule has 0 atom stereocenters. The number of H-pyrrole nitrogens is 1. The number of nitrogens with one attached hydrogen (secondary N) is 1. The second-order valence-electron chi connectivity index (χ2n) is 4.45. The molecule has 1 N–H and O–H groups in total. The first kappa shape index (κ1) is 13.4. The van der Waals surface area contributed by atoms with Crippen LogP contribution in [0, 0.1) is 11.6 Å². The third-order valence-electron chi connectivity index (χ3n) is 2.70. The van der Waals surface area contributed by atoms with E-state index < -0.39 is 0 Å². The highest BCUT2D eigenvalue weighted by Gasteiger charge is 2.10. The maximum atomic E-state index is 5.36. The molecular weight excluding hydrogens is 310 g/mol. The molecule has 0 saturated carbocycles. The molecule has 2 heterocycles. The standard InChI is InChI=1S/C13H14BrN3S/c1-7(2)11-8(3)16-12(17-13(11)18)10-5-4-9(14)6-15-10/h4-7H,1-3H3,(H,16,17,18). The third-order valence-corrected chi connectivity index (χ3v) is 3.48. The van der Waals surface area contributed by atoms with Gasteiger partial charge in [-0.1, -0.05) is 26.1 Å². The van der Waals surface area contributed by atoms with Crippen LogP contribution in [0.3, 0.4) is 0 Å². The van der Waals surface area contributed by atoms with E-state index in [4.69, 9.17) is 12.2 Å². The van der Waals surface area contributed by atoms with Crippen molar-refractivity contribution in [1.82, 2.24) is 15.0 Å². The number of nitrogens with zero attached hydrogens (tertiary/aromatic N) is 2. The van der Waals surface area contributed by atoms with Gasteiger partial charge in [-0.2, -0.15) is 0 Å². The lowest BCUT2D eigenvalue weighted by atomic mass is 10.0. The van der Waals surface area contributed by atoms with Gasteiger partial charge in [-0.15, -0.1) is 0 Å². The number of hydrogen-bond donors (Lipinski definition) is 1. The summed E-state index contributed by atoms with van der Waals surface area (Å²) in [6, 6.07) is 3.85. The van der Waals surface area contributed by atoms with E-state index in [-0.39, 0.29) is 0 Å². The summed E-state index contributed by atoms with van der Waals surface area (Å²) in [5.41, 5.74) is 2.96. The SMILES string of the molecule is Cc1[nH]c(-c2ccc(Br)cn2)nc(=S)c1C(C)C. The number of aromatic amines is 1. The van der Waals surface area contributed by atoms with Crippen LogP contribution in [0.15, 0.2) is 22.8 Å². The Balaban J connectivity index is 2.55. The van der Waals surface area contributed by atoms with Crippen LogP contribution in [0.25, 0.3) is 11.5 Å². The lowest BCUT2D eigenvalue weighted by Crippen LogP contribution is -2.02. The van der Waals surface area contributed by atoms with Crippen LogP contribution >= 0.6 is 28.1 Å². The topological polar surface area (TPSA) is 41.6 Å². The Kier molecular flexibility index (Phi) is 3.92. The van der Waals surface area contributed by atoms with Gasteiger partial charge >= 0.3 is 0 Å². The summed E-state index contributed by atoms with van der Waals surface area (Å²) >= 11 is 8.72. The summed E-state index contributed by atoms with van der Waals surface area (Å²) < 4.78 is 1.60. The van der Waals surface area contributed by atoms with Gasteiger partial charge in [-0.25, -0.2) is 4.98 Å². The molecule has 5 heteroatoms. The van der Waals surface area contributed by atoms with Crippen LogP contribution < -0.4 is 0 Å².